The van der Waals surface area contributed by atoms with Gasteiger partial charge in [-0.25, -0.2) is 0 Å². The Balaban J connectivity index is 1.72. The molecule has 1 fully saturated rings. The van der Waals surface area contributed by atoms with E-state index in [2.05, 4.69) is 10.3 Å². The minimum atomic E-state index is -0.334. The molecule has 1 unspecified atom stereocenters. The Bertz CT molecular complexity index is 686. The molecule has 1 atom stereocenters. The fraction of sp³-hybridized carbons (Fsp3) is 0.333. The highest BCUT2D eigenvalue weighted by Crippen LogP contribution is 2.39. The molecule has 0 aliphatic heterocycles. The lowest BCUT2D eigenvalue weighted by molar-refractivity contribution is 0.0897. The zero-order valence-electron chi connectivity index (χ0n) is 13.2. The van der Waals surface area contributed by atoms with Crippen molar-refractivity contribution >= 4 is 5.91 Å². The molecule has 2 aromatic rings. The predicted molar refractivity (Wildman–Crippen MR) is 88.4 cm³/mol. The smallest absolute Gasteiger partial charge is 0.251 e. The van der Waals surface area contributed by atoms with Crippen LogP contribution in [0.2, 0.25) is 0 Å². The Morgan fingerprint density at radius 3 is 2.70 bits per heavy atom. The van der Waals surface area contributed by atoms with Crippen molar-refractivity contribution in [3.8, 4) is 11.5 Å². The lowest BCUT2D eigenvalue weighted by Gasteiger charge is -2.29. The number of nitrogens with zero attached hydrogens (tertiary/aromatic N) is 1. The van der Waals surface area contributed by atoms with Crippen LogP contribution in [0.3, 0.4) is 0 Å². The van der Waals surface area contributed by atoms with E-state index >= 15 is 0 Å². The van der Waals surface area contributed by atoms with E-state index in [1.165, 1.54) is 0 Å². The van der Waals surface area contributed by atoms with Crippen molar-refractivity contribution < 1.29 is 9.53 Å². The standard InChI is InChI=1S/C18H21N3O2/c1-18(12-19,14-5-6-14)21-17(22)13-3-2-4-16(11-13)23-15-7-9-20-10-8-15/h2-4,7-11,14H,5-6,12,19H2,1H3,(H,21,22). The first kappa shape index (κ1) is 15.5. The number of nitrogens with two attached hydrogens (primary N) is 1. The van der Waals surface area contributed by atoms with Crippen molar-refractivity contribution in [3.05, 3.63) is 54.4 Å². The summed E-state index contributed by atoms with van der Waals surface area (Å²) in [6.45, 7) is 2.45. The van der Waals surface area contributed by atoms with E-state index in [9.17, 15) is 4.79 Å². The Morgan fingerprint density at radius 1 is 1.30 bits per heavy atom. The number of rotatable bonds is 6. The maximum atomic E-state index is 12.5. The summed E-state index contributed by atoms with van der Waals surface area (Å²) in [6.07, 6.45) is 5.57. The average Bonchev–Trinajstić information content (AvgIpc) is 3.41. The summed E-state index contributed by atoms with van der Waals surface area (Å²) in [7, 11) is 0. The van der Waals surface area contributed by atoms with Gasteiger partial charge in [0.15, 0.2) is 0 Å². The second kappa shape index (κ2) is 6.38. The second-order valence-corrected chi connectivity index (χ2v) is 6.16. The van der Waals surface area contributed by atoms with Gasteiger partial charge in [-0.1, -0.05) is 6.07 Å². The van der Waals surface area contributed by atoms with Crippen LogP contribution in [-0.2, 0) is 0 Å². The minimum absolute atomic E-state index is 0.120. The molecular weight excluding hydrogens is 290 g/mol. The van der Waals surface area contributed by atoms with Gasteiger partial charge in [-0.3, -0.25) is 9.78 Å². The van der Waals surface area contributed by atoms with Crippen LogP contribution >= 0.6 is 0 Å². The van der Waals surface area contributed by atoms with E-state index in [1.807, 2.05) is 19.1 Å². The highest BCUT2D eigenvalue weighted by molar-refractivity contribution is 5.95. The number of amides is 1. The Hall–Kier alpha value is -2.40. The Kier molecular flexibility index (Phi) is 4.30. The highest BCUT2D eigenvalue weighted by Gasteiger charge is 2.41. The first-order valence-corrected chi connectivity index (χ1v) is 7.81. The number of pyridine rings is 1. The van der Waals surface area contributed by atoms with Crippen molar-refractivity contribution in [2.45, 2.75) is 25.3 Å². The molecule has 3 N–H and O–H groups in total. The molecular formula is C18H21N3O2. The summed E-state index contributed by atoms with van der Waals surface area (Å²) < 4.78 is 5.74. The normalized spacial score (nSPS) is 16.4. The number of carbonyl (C=O) groups is 1. The molecule has 120 valence electrons. The molecule has 5 heteroatoms. The van der Waals surface area contributed by atoms with Crippen LogP contribution in [0.5, 0.6) is 11.5 Å². The van der Waals surface area contributed by atoms with Gasteiger partial charge in [0.25, 0.3) is 5.91 Å². The van der Waals surface area contributed by atoms with Crippen molar-refractivity contribution in [1.29, 1.82) is 0 Å². The number of hydrogen-bond donors (Lipinski definition) is 2. The predicted octanol–water partition coefficient (Wildman–Crippen LogP) is 2.73. The summed E-state index contributed by atoms with van der Waals surface area (Å²) in [6, 6.07) is 10.7. The third-order valence-corrected chi connectivity index (χ3v) is 4.28. The van der Waals surface area contributed by atoms with Crippen molar-refractivity contribution in [1.82, 2.24) is 10.3 Å². The molecule has 3 rings (SSSR count). The summed E-state index contributed by atoms with van der Waals surface area (Å²) in [4.78, 5) is 16.5. The van der Waals surface area contributed by atoms with Crippen LogP contribution in [0.4, 0.5) is 0 Å². The number of carbonyl (C=O) groups excluding carboxylic acids is 1. The lowest BCUT2D eigenvalue weighted by atomic mass is 9.95. The largest absolute Gasteiger partial charge is 0.457 e. The number of nitrogens with one attached hydrogen (secondary N) is 1. The van der Waals surface area contributed by atoms with Crippen LogP contribution in [0.25, 0.3) is 0 Å². The molecule has 0 spiro atoms. The van der Waals surface area contributed by atoms with Gasteiger partial charge in [0.2, 0.25) is 0 Å². The van der Waals surface area contributed by atoms with E-state index in [-0.39, 0.29) is 11.4 Å². The third kappa shape index (κ3) is 3.68. The number of ether oxygens (including phenoxy) is 1. The van der Waals surface area contributed by atoms with Crippen molar-refractivity contribution in [3.63, 3.8) is 0 Å². The Labute approximate surface area is 135 Å². The molecule has 1 aromatic heterocycles. The van der Waals surface area contributed by atoms with Crippen molar-refractivity contribution in [2.75, 3.05) is 6.54 Å². The van der Waals surface area contributed by atoms with Crippen LogP contribution in [0, 0.1) is 5.92 Å². The van der Waals surface area contributed by atoms with Gasteiger partial charge >= 0.3 is 0 Å². The van der Waals surface area contributed by atoms with Gasteiger partial charge in [0, 0.05) is 24.5 Å². The fourth-order valence-electron chi connectivity index (χ4n) is 2.61. The quantitative estimate of drug-likeness (QED) is 0.860. The van der Waals surface area contributed by atoms with Crippen LogP contribution in [0.1, 0.15) is 30.1 Å². The van der Waals surface area contributed by atoms with Gasteiger partial charge in [-0.2, -0.15) is 0 Å². The van der Waals surface area contributed by atoms with E-state index in [0.29, 0.717) is 29.5 Å². The first-order chi connectivity index (χ1) is 11.1. The van der Waals surface area contributed by atoms with Gasteiger partial charge in [0.05, 0.1) is 5.54 Å². The zero-order chi connectivity index (χ0) is 16.3. The van der Waals surface area contributed by atoms with E-state index < -0.39 is 0 Å². The fourth-order valence-corrected chi connectivity index (χ4v) is 2.61. The molecule has 1 saturated carbocycles. The van der Waals surface area contributed by atoms with Gasteiger partial charge < -0.3 is 15.8 Å². The molecule has 0 bridgehead atoms. The van der Waals surface area contributed by atoms with Gasteiger partial charge in [-0.05, 0) is 56.0 Å². The summed E-state index contributed by atoms with van der Waals surface area (Å²) >= 11 is 0. The van der Waals surface area contributed by atoms with E-state index in [0.717, 1.165) is 12.8 Å². The highest BCUT2D eigenvalue weighted by atomic mass is 16.5. The molecule has 23 heavy (non-hydrogen) atoms. The topological polar surface area (TPSA) is 77.2 Å². The molecule has 0 radical (unpaired) electrons. The van der Waals surface area contributed by atoms with Crippen LogP contribution < -0.4 is 15.8 Å². The zero-order valence-corrected chi connectivity index (χ0v) is 13.2. The molecule has 0 saturated heterocycles. The molecule has 1 heterocycles. The summed E-state index contributed by atoms with van der Waals surface area (Å²) in [5.74, 6) is 1.66. The molecule has 1 amide bonds. The molecule has 5 nitrogen and oxygen atoms in total. The number of benzene rings is 1. The molecule has 1 aromatic carbocycles. The SMILES string of the molecule is CC(CN)(NC(=O)c1cccc(Oc2ccncc2)c1)C1CC1. The molecule has 1 aliphatic rings. The summed E-state index contributed by atoms with van der Waals surface area (Å²) in [5.41, 5.74) is 6.09. The first-order valence-electron chi connectivity index (χ1n) is 7.81. The molecule has 1 aliphatic carbocycles. The van der Waals surface area contributed by atoms with Crippen LogP contribution in [0.15, 0.2) is 48.8 Å². The van der Waals surface area contributed by atoms with E-state index in [4.69, 9.17) is 10.5 Å². The monoisotopic (exact) mass is 311 g/mol. The van der Waals surface area contributed by atoms with Crippen molar-refractivity contribution in [2.24, 2.45) is 11.7 Å². The number of aromatic nitrogens is 1. The second-order valence-electron chi connectivity index (χ2n) is 6.16. The summed E-state index contributed by atoms with van der Waals surface area (Å²) in [5, 5.41) is 3.08. The minimum Gasteiger partial charge on any atom is -0.457 e. The van der Waals surface area contributed by atoms with Gasteiger partial charge in [-0.15, -0.1) is 0 Å². The Morgan fingerprint density at radius 2 is 2.04 bits per heavy atom. The third-order valence-electron chi connectivity index (χ3n) is 4.28. The maximum absolute atomic E-state index is 12.5. The van der Waals surface area contributed by atoms with E-state index in [1.54, 1.807) is 36.7 Å². The lowest BCUT2D eigenvalue weighted by Crippen LogP contribution is -2.53. The maximum Gasteiger partial charge on any atom is 0.251 e. The van der Waals surface area contributed by atoms with Gasteiger partial charge in [0.1, 0.15) is 11.5 Å². The van der Waals surface area contributed by atoms with Crippen LogP contribution in [-0.4, -0.2) is 23.0 Å². The number of hydrogen-bond acceptors (Lipinski definition) is 4. The average molecular weight is 311 g/mol.